The predicted molar refractivity (Wildman–Crippen MR) is 50.8 cm³/mol. The summed E-state index contributed by atoms with van der Waals surface area (Å²) < 4.78 is 1.74. The number of fused-ring (bicyclic) bond motifs is 1. The molecule has 3 nitrogen and oxygen atoms in total. The largest absolute Gasteiger partial charge is 0.298 e. The third-order valence-corrected chi connectivity index (χ3v) is 2.21. The Hall–Kier alpha value is -1.64. The third-order valence-electron chi connectivity index (χ3n) is 2.21. The molecule has 0 amide bonds. The van der Waals surface area contributed by atoms with Gasteiger partial charge < -0.3 is 0 Å². The zero-order valence-corrected chi connectivity index (χ0v) is 7.61. The molecule has 0 saturated carbocycles. The van der Waals surface area contributed by atoms with Crippen molar-refractivity contribution >= 4 is 17.2 Å². The van der Waals surface area contributed by atoms with Crippen LogP contribution in [0.5, 0.6) is 0 Å². The Morgan fingerprint density at radius 2 is 2.23 bits per heavy atom. The molecule has 0 atom stereocenters. The minimum Gasteiger partial charge on any atom is -0.298 e. The van der Waals surface area contributed by atoms with Crippen LogP contribution in [0.3, 0.4) is 0 Å². The summed E-state index contributed by atoms with van der Waals surface area (Å²) in [5, 5.41) is 5.30. The van der Waals surface area contributed by atoms with Crippen LogP contribution in [0.15, 0.2) is 18.2 Å². The predicted octanol–water partition coefficient (Wildman–Crippen LogP) is 1.69. The van der Waals surface area contributed by atoms with Crippen molar-refractivity contribution in [1.82, 2.24) is 9.78 Å². The first-order valence-corrected chi connectivity index (χ1v) is 4.11. The van der Waals surface area contributed by atoms with Gasteiger partial charge in [-0.05, 0) is 13.0 Å². The molecule has 1 aromatic carbocycles. The Labute approximate surface area is 76.0 Å². The van der Waals surface area contributed by atoms with E-state index in [1.54, 1.807) is 10.7 Å². The van der Waals surface area contributed by atoms with E-state index in [1.807, 2.05) is 26.1 Å². The molecule has 0 unspecified atom stereocenters. The van der Waals surface area contributed by atoms with Gasteiger partial charge in [0.2, 0.25) is 0 Å². The smallest absolute Gasteiger partial charge is 0.152 e. The molecule has 0 bridgehead atoms. The standard InChI is InChI=1S/C10H10N2O/c1-7-9-5-3-4-8(6-13)10(9)12(2)11-7/h3-6H,1-2H3. The Morgan fingerprint density at radius 1 is 1.46 bits per heavy atom. The van der Waals surface area contributed by atoms with Gasteiger partial charge in [-0.3, -0.25) is 9.48 Å². The third kappa shape index (κ3) is 1.04. The molecule has 1 aromatic heterocycles. The summed E-state index contributed by atoms with van der Waals surface area (Å²) in [6, 6.07) is 5.65. The molecule has 0 spiro atoms. The van der Waals surface area contributed by atoms with Crippen LogP contribution < -0.4 is 0 Å². The Morgan fingerprint density at radius 3 is 2.92 bits per heavy atom. The van der Waals surface area contributed by atoms with E-state index in [-0.39, 0.29) is 0 Å². The van der Waals surface area contributed by atoms with Crippen molar-refractivity contribution in [2.75, 3.05) is 0 Å². The summed E-state index contributed by atoms with van der Waals surface area (Å²) in [6.07, 6.45) is 0.865. The van der Waals surface area contributed by atoms with Gasteiger partial charge in [0.15, 0.2) is 6.29 Å². The number of hydrogen-bond acceptors (Lipinski definition) is 2. The van der Waals surface area contributed by atoms with E-state index in [0.717, 1.165) is 22.9 Å². The van der Waals surface area contributed by atoms with Crippen LogP contribution in [0.4, 0.5) is 0 Å². The first kappa shape index (κ1) is 7.98. The van der Waals surface area contributed by atoms with Crippen molar-refractivity contribution in [2.24, 2.45) is 7.05 Å². The molecule has 0 N–H and O–H groups in total. The van der Waals surface area contributed by atoms with Crippen LogP contribution in [-0.2, 0) is 7.05 Å². The van der Waals surface area contributed by atoms with Crippen molar-refractivity contribution < 1.29 is 4.79 Å². The van der Waals surface area contributed by atoms with E-state index in [2.05, 4.69) is 5.10 Å². The normalized spacial score (nSPS) is 10.6. The van der Waals surface area contributed by atoms with Crippen LogP contribution in [0.2, 0.25) is 0 Å². The number of nitrogens with zero attached hydrogens (tertiary/aromatic N) is 2. The molecule has 66 valence electrons. The minimum absolute atomic E-state index is 0.695. The number of benzene rings is 1. The highest BCUT2D eigenvalue weighted by atomic mass is 16.1. The molecule has 0 aliphatic carbocycles. The van der Waals surface area contributed by atoms with Crippen LogP contribution in [0, 0.1) is 6.92 Å². The molecule has 0 aliphatic heterocycles. The van der Waals surface area contributed by atoms with E-state index < -0.39 is 0 Å². The van der Waals surface area contributed by atoms with Gasteiger partial charge in [-0.2, -0.15) is 5.10 Å². The quantitative estimate of drug-likeness (QED) is 0.617. The molecule has 0 saturated heterocycles. The van der Waals surface area contributed by atoms with E-state index in [0.29, 0.717) is 5.56 Å². The summed E-state index contributed by atoms with van der Waals surface area (Å²) in [6.45, 7) is 1.94. The van der Waals surface area contributed by atoms with Crippen molar-refractivity contribution in [3.63, 3.8) is 0 Å². The topological polar surface area (TPSA) is 34.9 Å². The maximum Gasteiger partial charge on any atom is 0.152 e. The summed E-state index contributed by atoms with van der Waals surface area (Å²) >= 11 is 0. The lowest BCUT2D eigenvalue weighted by atomic mass is 10.1. The fraction of sp³-hybridized carbons (Fsp3) is 0.200. The van der Waals surface area contributed by atoms with Gasteiger partial charge in [0, 0.05) is 18.0 Å². The van der Waals surface area contributed by atoms with Gasteiger partial charge in [0.05, 0.1) is 11.2 Å². The first-order chi connectivity index (χ1) is 6.24. The Kier molecular flexibility index (Phi) is 1.65. The number of para-hydroxylation sites is 1. The second-order valence-corrected chi connectivity index (χ2v) is 3.07. The number of carbonyl (C=O) groups is 1. The van der Waals surface area contributed by atoms with Gasteiger partial charge in [0.25, 0.3) is 0 Å². The molecule has 13 heavy (non-hydrogen) atoms. The molecule has 0 fully saturated rings. The zero-order chi connectivity index (χ0) is 9.42. The van der Waals surface area contributed by atoms with Gasteiger partial charge in [0.1, 0.15) is 0 Å². The lowest BCUT2D eigenvalue weighted by Crippen LogP contribution is -1.93. The molecule has 2 rings (SSSR count). The summed E-state index contributed by atoms with van der Waals surface area (Å²) in [4.78, 5) is 10.7. The maximum atomic E-state index is 10.7. The van der Waals surface area contributed by atoms with Crippen molar-refractivity contribution in [2.45, 2.75) is 6.92 Å². The fourth-order valence-electron chi connectivity index (χ4n) is 1.64. The van der Waals surface area contributed by atoms with Crippen LogP contribution >= 0.6 is 0 Å². The molecular weight excluding hydrogens is 164 g/mol. The van der Waals surface area contributed by atoms with Crippen molar-refractivity contribution in [3.8, 4) is 0 Å². The molecule has 1 heterocycles. The monoisotopic (exact) mass is 174 g/mol. The number of aldehydes is 1. The minimum atomic E-state index is 0.695. The summed E-state index contributed by atoms with van der Waals surface area (Å²) in [5.74, 6) is 0. The van der Waals surface area contributed by atoms with Crippen LogP contribution in [0.25, 0.3) is 10.9 Å². The number of rotatable bonds is 1. The van der Waals surface area contributed by atoms with E-state index in [9.17, 15) is 4.79 Å². The van der Waals surface area contributed by atoms with E-state index in [1.165, 1.54) is 0 Å². The van der Waals surface area contributed by atoms with Crippen LogP contribution in [-0.4, -0.2) is 16.1 Å². The van der Waals surface area contributed by atoms with Crippen molar-refractivity contribution in [1.29, 1.82) is 0 Å². The first-order valence-electron chi connectivity index (χ1n) is 4.11. The molecule has 0 radical (unpaired) electrons. The highest BCUT2D eigenvalue weighted by Crippen LogP contribution is 2.19. The van der Waals surface area contributed by atoms with E-state index >= 15 is 0 Å². The maximum absolute atomic E-state index is 10.7. The highest BCUT2D eigenvalue weighted by molar-refractivity contribution is 5.96. The Balaban J connectivity index is 2.96. The van der Waals surface area contributed by atoms with Gasteiger partial charge in [-0.1, -0.05) is 12.1 Å². The lowest BCUT2D eigenvalue weighted by Gasteiger charge is -1.96. The average molecular weight is 174 g/mol. The summed E-state index contributed by atoms with van der Waals surface area (Å²) in [5.41, 5.74) is 2.57. The number of aromatic nitrogens is 2. The van der Waals surface area contributed by atoms with Gasteiger partial charge in [-0.15, -0.1) is 0 Å². The lowest BCUT2D eigenvalue weighted by molar-refractivity contribution is 0.112. The fourth-order valence-corrected chi connectivity index (χ4v) is 1.64. The molecule has 2 aromatic rings. The van der Waals surface area contributed by atoms with Gasteiger partial charge >= 0.3 is 0 Å². The number of carbonyl (C=O) groups excluding carboxylic acids is 1. The summed E-state index contributed by atoms with van der Waals surface area (Å²) in [7, 11) is 1.85. The zero-order valence-electron chi connectivity index (χ0n) is 7.61. The number of aryl methyl sites for hydroxylation is 2. The molecule has 3 heteroatoms. The highest BCUT2D eigenvalue weighted by Gasteiger charge is 2.07. The van der Waals surface area contributed by atoms with Crippen molar-refractivity contribution in [3.05, 3.63) is 29.5 Å². The number of hydrogen-bond donors (Lipinski definition) is 0. The molecular formula is C10H10N2O. The SMILES string of the molecule is Cc1nn(C)c2c(C=O)cccc12. The average Bonchev–Trinajstić information content (AvgIpc) is 2.43. The van der Waals surface area contributed by atoms with Crippen LogP contribution in [0.1, 0.15) is 16.1 Å². The molecule has 0 aliphatic rings. The van der Waals surface area contributed by atoms with Gasteiger partial charge in [-0.25, -0.2) is 0 Å². The van der Waals surface area contributed by atoms with E-state index in [4.69, 9.17) is 0 Å². The second-order valence-electron chi connectivity index (χ2n) is 3.07. The Bertz CT molecular complexity index is 471. The second kappa shape index (κ2) is 2.69.